The van der Waals surface area contributed by atoms with Crippen LogP contribution in [-0.4, -0.2) is 22.8 Å². The molecule has 4 heteroatoms. The fraction of sp³-hybridized carbons (Fsp3) is 0.100. The number of rotatable bonds is 1. The van der Waals surface area contributed by atoms with E-state index >= 15 is 0 Å². The molecule has 0 aliphatic carbocycles. The first-order chi connectivity index (χ1) is 6.79. The molecule has 2 aliphatic rings. The Morgan fingerprint density at radius 2 is 2.29 bits per heavy atom. The van der Waals surface area contributed by atoms with Crippen LogP contribution in [0.2, 0.25) is 0 Å². The lowest BCUT2D eigenvalue weighted by Crippen LogP contribution is -2.43. The number of allylic oxidation sites excluding steroid dienone is 1. The van der Waals surface area contributed by atoms with Crippen LogP contribution in [0.15, 0.2) is 54.3 Å². The number of hydrogen-bond donors (Lipinski definition) is 1. The molecule has 0 atom stereocenters. The summed E-state index contributed by atoms with van der Waals surface area (Å²) in [5.74, 6) is 1.50. The molecule has 0 amide bonds. The molecule has 72 valence electrons. The minimum atomic E-state index is 0.686. The van der Waals surface area contributed by atoms with Crippen LogP contribution in [0.5, 0.6) is 0 Å². The Labute approximate surface area is 83.2 Å². The summed E-state index contributed by atoms with van der Waals surface area (Å²) in [7, 11) is 0. The Hall–Kier alpha value is -1.97. The van der Waals surface area contributed by atoms with Crippen LogP contribution in [-0.2, 0) is 0 Å². The zero-order valence-electron chi connectivity index (χ0n) is 7.85. The van der Waals surface area contributed by atoms with Gasteiger partial charge in [-0.3, -0.25) is 5.01 Å². The second kappa shape index (κ2) is 3.41. The maximum Gasteiger partial charge on any atom is 0.144 e. The summed E-state index contributed by atoms with van der Waals surface area (Å²) in [4.78, 5) is 4.11. The maximum atomic E-state index is 4.11. The van der Waals surface area contributed by atoms with Crippen LogP contribution in [0.25, 0.3) is 0 Å². The normalized spacial score (nSPS) is 20.3. The number of nitrogens with one attached hydrogen (secondary N) is 1. The van der Waals surface area contributed by atoms with Gasteiger partial charge in [0, 0.05) is 18.6 Å². The van der Waals surface area contributed by atoms with Gasteiger partial charge in [-0.1, -0.05) is 13.2 Å². The summed E-state index contributed by atoms with van der Waals surface area (Å²) in [6.07, 6.45) is 9.36. The first-order valence-corrected chi connectivity index (χ1v) is 4.36. The Morgan fingerprint density at radius 3 is 3.00 bits per heavy atom. The van der Waals surface area contributed by atoms with Crippen LogP contribution in [0.4, 0.5) is 0 Å². The summed E-state index contributed by atoms with van der Waals surface area (Å²) in [6, 6.07) is 0. The summed E-state index contributed by atoms with van der Waals surface area (Å²) >= 11 is 0. The predicted molar refractivity (Wildman–Crippen MR) is 56.7 cm³/mol. The Morgan fingerprint density at radius 1 is 1.43 bits per heavy atom. The van der Waals surface area contributed by atoms with E-state index in [1.165, 1.54) is 0 Å². The number of hydrogen-bond acceptors (Lipinski definition) is 4. The number of hydrazine groups is 1. The highest BCUT2D eigenvalue weighted by Gasteiger charge is 2.17. The molecule has 0 bridgehead atoms. The van der Waals surface area contributed by atoms with Gasteiger partial charge in [0.2, 0.25) is 0 Å². The molecule has 0 unspecified atom stereocenters. The Bertz CT molecular complexity index is 351. The largest absolute Gasteiger partial charge is 0.348 e. The second-order valence-corrected chi connectivity index (χ2v) is 2.96. The number of nitrogens with zero attached hydrogens (tertiary/aromatic N) is 3. The zero-order chi connectivity index (χ0) is 9.97. The zero-order valence-corrected chi connectivity index (χ0v) is 7.85. The number of aliphatic imine (C=N–C) groups is 1. The van der Waals surface area contributed by atoms with Gasteiger partial charge >= 0.3 is 0 Å². The van der Waals surface area contributed by atoms with Crippen molar-refractivity contribution in [1.82, 2.24) is 15.3 Å². The van der Waals surface area contributed by atoms with Gasteiger partial charge < -0.3 is 5.32 Å². The molecule has 4 nitrogen and oxygen atoms in total. The molecular weight excluding hydrogens is 176 g/mol. The first-order valence-electron chi connectivity index (χ1n) is 4.36. The Kier molecular flexibility index (Phi) is 2.10. The van der Waals surface area contributed by atoms with Crippen LogP contribution >= 0.6 is 0 Å². The molecule has 0 aromatic rings. The van der Waals surface area contributed by atoms with Crippen LogP contribution in [0.1, 0.15) is 0 Å². The Balaban J connectivity index is 2.18. The molecule has 0 fully saturated rings. The van der Waals surface area contributed by atoms with Gasteiger partial charge in [-0.25, -0.2) is 10.0 Å². The highest BCUT2D eigenvalue weighted by atomic mass is 15.7. The van der Waals surface area contributed by atoms with Crippen molar-refractivity contribution in [2.45, 2.75) is 0 Å². The van der Waals surface area contributed by atoms with Gasteiger partial charge in [-0.2, -0.15) is 0 Å². The van der Waals surface area contributed by atoms with Gasteiger partial charge in [0.15, 0.2) is 0 Å². The van der Waals surface area contributed by atoms with Crippen molar-refractivity contribution >= 4 is 6.21 Å². The van der Waals surface area contributed by atoms with E-state index < -0.39 is 0 Å². The predicted octanol–water partition coefficient (Wildman–Crippen LogP) is 1.16. The molecule has 0 aromatic carbocycles. The molecule has 0 saturated carbocycles. The molecule has 0 radical (unpaired) electrons. The van der Waals surface area contributed by atoms with Gasteiger partial charge in [0.1, 0.15) is 11.6 Å². The molecule has 0 aromatic heterocycles. The lowest BCUT2D eigenvalue weighted by atomic mass is 10.4. The maximum absolute atomic E-state index is 4.11. The highest BCUT2D eigenvalue weighted by molar-refractivity contribution is 5.73. The molecule has 1 N–H and O–H groups in total. The standard InChI is InChI=1S/C10H12N4/c1-9-11-5-3-7-13(9)14-8-4-6-12-10(14)2/h3-7,12H,1-2,8H2. The first kappa shape index (κ1) is 8.62. The smallest absolute Gasteiger partial charge is 0.144 e. The quantitative estimate of drug-likeness (QED) is 0.670. The SMILES string of the molecule is C=C1N=CC=CN1N1CC=CNC1=C. The van der Waals surface area contributed by atoms with Crippen molar-refractivity contribution in [3.05, 3.63) is 49.4 Å². The topological polar surface area (TPSA) is 30.9 Å². The average Bonchev–Trinajstić information content (AvgIpc) is 2.20. The van der Waals surface area contributed by atoms with Gasteiger partial charge in [-0.15, -0.1) is 0 Å². The highest BCUT2D eigenvalue weighted by Crippen LogP contribution is 2.16. The van der Waals surface area contributed by atoms with Gasteiger partial charge in [0.05, 0.1) is 6.54 Å². The van der Waals surface area contributed by atoms with E-state index in [-0.39, 0.29) is 0 Å². The van der Waals surface area contributed by atoms with Crippen LogP contribution < -0.4 is 5.32 Å². The minimum Gasteiger partial charge on any atom is -0.348 e. The van der Waals surface area contributed by atoms with Gasteiger partial charge in [-0.05, 0) is 12.2 Å². The third-order valence-corrected chi connectivity index (χ3v) is 2.02. The monoisotopic (exact) mass is 188 g/mol. The molecule has 2 heterocycles. The van der Waals surface area contributed by atoms with Gasteiger partial charge in [0.25, 0.3) is 0 Å². The average molecular weight is 188 g/mol. The fourth-order valence-electron chi connectivity index (χ4n) is 1.32. The summed E-state index contributed by atoms with van der Waals surface area (Å²) in [5.41, 5.74) is 0. The third kappa shape index (κ3) is 1.42. The summed E-state index contributed by atoms with van der Waals surface area (Å²) in [6.45, 7) is 8.52. The van der Waals surface area contributed by atoms with Crippen LogP contribution in [0.3, 0.4) is 0 Å². The molecule has 14 heavy (non-hydrogen) atoms. The summed E-state index contributed by atoms with van der Waals surface area (Å²) in [5, 5.41) is 6.85. The van der Waals surface area contributed by atoms with E-state index in [1.54, 1.807) is 6.21 Å². The lowest BCUT2D eigenvalue weighted by Gasteiger charge is -2.37. The van der Waals surface area contributed by atoms with Crippen molar-refractivity contribution in [2.75, 3.05) is 6.54 Å². The van der Waals surface area contributed by atoms with Crippen molar-refractivity contribution in [1.29, 1.82) is 0 Å². The van der Waals surface area contributed by atoms with E-state index in [4.69, 9.17) is 0 Å². The molecule has 0 spiro atoms. The van der Waals surface area contributed by atoms with E-state index in [2.05, 4.69) is 23.5 Å². The molecule has 2 aliphatic heterocycles. The third-order valence-electron chi connectivity index (χ3n) is 2.02. The van der Waals surface area contributed by atoms with Crippen molar-refractivity contribution in [3.8, 4) is 0 Å². The van der Waals surface area contributed by atoms with E-state index in [9.17, 15) is 0 Å². The summed E-state index contributed by atoms with van der Waals surface area (Å²) < 4.78 is 0. The second-order valence-electron chi connectivity index (χ2n) is 2.96. The minimum absolute atomic E-state index is 0.686. The van der Waals surface area contributed by atoms with E-state index in [0.717, 1.165) is 12.4 Å². The van der Waals surface area contributed by atoms with Crippen LogP contribution in [0, 0.1) is 0 Å². The van der Waals surface area contributed by atoms with E-state index in [0.29, 0.717) is 5.82 Å². The fourth-order valence-corrected chi connectivity index (χ4v) is 1.32. The molecule has 0 saturated heterocycles. The lowest BCUT2D eigenvalue weighted by molar-refractivity contribution is 0.101. The van der Waals surface area contributed by atoms with E-state index in [1.807, 2.05) is 34.6 Å². The molecular formula is C10H12N4. The molecule has 2 rings (SSSR count). The van der Waals surface area contributed by atoms with Crippen molar-refractivity contribution in [3.63, 3.8) is 0 Å². The van der Waals surface area contributed by atoms with Crippen molar-refractivity contribution < 1.29 is 0 Å². The van der Waals surface area contributed by atoms with Crippen molar-refractivity contribution in [2.24, 2.45) is 4.99 Å².